The molecule has 0 radical (unpaired) electrons. The van der Waals surface area contributed by atoms with Gasteiger partial charge in [0.05, 0.1) is 24.0 Å². The van der Waals surface area contributed by atoms with Crippen molar-refractivity contribution in [2.45, 2.75) is 0 Å². The minimum atomic E-state index is -0.461. The van der Waals surface area contributed by atoms with Crippen LogP contribution in [0.5, 0.6) is 0 Å². The van der Waals surface area contributed by atoms with Crippen molar-refractivity contribution in [1.82, 2.24) is 9.88 Å². The molecule has 0 spiro atoms. The lowest BCUT2D eigenvalue weighted by Gasteiger charge is -2.14. The van der Waals surface area contributed by atoms with Gasteiger partial charge in [0.15, 0.2) is 0 Å². The Morgan fingerprint density at radius 2 is 2.06 bits per heavy atom. The van der Waals surface area contributed by atoms with Crippen LogP contribution in [0.15, 0.2) is 18.3 Å². The third-order valence-corrected chi connectivity index (χ3v) is 1.96. The largest absolute Gasteiger partial charge is 0.323 e. The molecule has 7 nitrogen and oxygen atoms in total. The minimum absolute atomic E-state index is 0.148. The van der Waals surface area contributed by atoms with E-state index in [-0.39, 0.29) is 18.8 Å². The highest BCUT2D eigenvalue weighted by molar-refractivity contribution is 5.92. The van der Waals surface area contributed by atoms with Crippen molar-refractivity contribution < 1.29 is 4.79 Å². The molecule has 1 aromatic rings. The molecule has 0 unspecified atom stereocenters. The maximum atomic E-state index is 11.8. The summed E-state index contributed by atoms with van der Waals surface area (Å²) in [5.41, 5.74) is 3.11. The van der Waals surface area contributed by atoms with Crippen molar-refractivity contribution in [3.05, 3.63) is 24.0 Å². The van der Waals surface area contributed by atoms with E-state index < -0.39 is 5.91 Å². The summed E-state index contributed by atoms with van der Waals surface area (Å²) < 4.78 is 0. The van der Waals surface area contributed by atoms with Gasteiger partial charge in [0.2, 0.25) is 0 Å². The molecule has 0 aliphatic heterocycles. The Labute approximate surface area is 98.0 Å². The predicted octanol–water partition coefficient (Wildman–Crippen LogP) is -0.143. The van der Waals surface area contributed by atoms with Crippen molar-refractivity contribution >= 4 is 11.6 Å². The molecule has 0 saturated heterocycles. The van der Waals surface area contributed by atoms with Crippen LogP contribution >= 0.6 is 0 Å². The summed E-state index contributed by atoms with van der Waals surface area (Å²) in [6.45, 7) is -0.296. The molecule has 0 atom stereocenters. The first kappa shape index (κ1) is 12.4. The second-order valence-corrected chi connectivity index (χ2v) is 3.05. The van der Waals surface area contributed by atoms with E-state index in [1.54, 1.807) is 6.07 Å². The van der Waals surface area contributed by atoms with Gasteiger partial charge < -0.3 is 10.3 Å². The lowest BCUT2D eigenvalue weighted by molar-refractivity contribution is 0.0789. The maximum Gasteiger partial charge on any atom is 0.274 e. The van der Waals surface area contributed by atoms with Crippen LogP contribution in [0.1, 0.15) is 10.5 Å². The molecule has 1 amide bonds. The van der Waals surface area contributed by atoms with Gasteiger partial charge in [-0.25, -0.2) is 4.98 Å². The van der Waals surface area contributed by atoms with Crippen LogP contribution in [0, 0.1) is 22.7 Å². The van der Waals surface area contributed by atoms with Crippen LogP contribution < -0.4 is 11.3 Å². The number of nitrogens with one attached hydrogen (secondary N) is 1. The van der Waals surface area contributed by atoms with E-state index in [0.29, 0.717) is 5.69 Å². The van der Waals surface area contributed by atoms with Crippen LogP contribution in [0.2, 0.25) is 0 Å². The summed E-state index contributed by atoms with van der Waals surface area (Å²) in [5.74, 6) is 4.70. The van der Waals surface area contributed by atoms with Crippen LogP contribution in [0.4, 0.5) is 5.69 Å². The SMILES string of the molecule is N#CCN(CC#N)C(=O)c1ccc(NN)cn1. The number of hydrazine groups is 1. The molecule has 7 heteroatoms. The van der Waals surface area contributed by atoms with E-state index in [4.69, 9.17) is 16.4 Å². The van der Waals surface area contributed by atoms with E-state index in [2.05, 4.69) is 10.4 Å². The number of pyridine rings is 1. The molecule has 0 aromatic carbocycles. The first-order valence-corrected chi connectivity index (χ1v) is 4.68. The van der Waals surface area contributed by atoms with Gasteiger partial charge >= 0.3 is 0 Å². The van der Waals surface area contributed by atoms with Crippen molar-refractivity contribution in [2.24, 2.45) is 5.84 Å². The summed E-state index contributed by atoms with van der Waals surface area (Å²) >= 11 is 0. The predicted molar refractivity (Wildman–Crippen MR) is 59.2 cm³/mol. The number of rotatable bonds is 4. The number of anilines is 1. The van der Waals surface area contributed by atoms with Crippen LogP contribution in [0.3, 0.4) is 0 Å². The first-order valence-electron chi connectivity index (χ1n) is 4.68. The number of hydrogen-bond acceptors (Lipinski definition) is 6. The Morgan fingerprint density at radius 1 is 1.41 bits per heavy atom. The fourth-order valence-corrected chi connectivity index (χ4v) is 1.14. The third-order valence-electron chi connectivity index (χ3n) is 1.96. The lowest BCUT2D eigenvalue weighted by Crippen LogP contribution is -2.32. The number of nitriles is 2. The Balaban J connectivity index is 2.86. The normalized spacial score (nSPS) is 8.88. The zero-order chi connectivity index (χ0) is 12.7. The van der Waals surface area contributed by atoms with E-state index >= 15 is 0 Å². The summed E-state index contributed by atoms with van der Waals surface area (Å²) in [4.78, 5) is 16.8. The van der Waals surface area contributed by atoms with Crippen LogP contribution in [-0.2, 0) is 0 Å². The smallest absolute Gasteiger partial charge is 0.274 e. The monoisotopic (exact) mass is 230 g/mol. The average Bonchev–Trinajstić information content (AvgIpc) is 2.38. The second-order valence-electron chi connectivity index (χ2n) is 3.05. The summed E-state index contributed by atoms with van der Waals surface area (Å²) in [5, 5.41) is 17.1. The van der Waals surface area contributed by atoms with Crippen molar-refractivity contribution in [3.8, 4) is 12.1 Å². The van der Waals surface area contributed by atoms with Crippen molar-refractivity contribution in [2.75, 3.05) is 18.5 Å². The van der Waals surface area contributed by atoms with Crippen LogP contribution in [0.25, 0.3) is 0 Å². The van der Waals surface area contributed by atoms with E-state index in [1.807, 2.05) is 12.1 Å². The molecular formula is C10H10N6O. The number of aromatic nitrogens is 1. The number of carbonyl (C=O) groups excluding carboxylic acids is 1. The van der Waals surface area contributed by atoms with E-state index in [1.165, 1.54) is 12.3 Å². The number of carbonyl (C=O) groups is 1. The van der Waals surface area contributed by atoms with Gasteiger partial charge in [-0.3, -0.25) is 10.6 Å². The van der Waals surface area contributed by atoms with Gasteiger partial charge in [0.25, 0.3) is 5.91 Å². The topological polar surface area (TPSA) is 119 Å². The van der Waals surface area contributed by atoms with Gasteiger partial charge in [0.1, 0.15) is 18.8 Å². The summed E-state index contributed by atoms with van der Waals surface area (Å²) in [7, 11) is 0. The van der Waals surface area contributed by atoms with Gasteiger partial charge in [-0.05, 0) is 12.1 Å². The molecule has 3 N–H and O–H groups in total. The molecule has 86 valence electrons. The van der Waals surface area contributed by atoms with Crippen LogP contribution in [-0.4, -0.2) is 28.9 Å². The lowest BCUT2D eigenvalue weighted by atomic mass is 10.3. The fraction of sp³-hybridized carbons (Fsp3) is 0.200. The Bertz CT molecular complexity index is 453. The van der Waals surface area contributed by atoms with Crippen molar-refractivity contribution in [3.63, 3.8) is 0 Å². The molecule has 1 aromatic heterocycles. The molecule has 17 heavy (non-hydrogen) atoms. The summed E-state index contributed by atoms with van der Waals surface area (Å²) in [6.07, 6.45) is 1.39. The van der Waals surface area contributed by atoms with E-state index in [9.17, 15) is 4.79 Å². The number of nitrogens with zero attached hydrogens (tertiary/aromatic N) is 4. The molecule has 0 aliphatic carbocycles. The zero-order valence-electron chi connectivity index (χ0n) is 8.92. The highest BCUT2D eigenvalue weighted by Gasteiger charge is 2.16. The van der Waals surface area contributed by atoms with Gasteiger partial charge in [0, 0.05) is 0 Å². The molecule has 1 rings (SSSR count). The molecular weight excluding hydrogens is 220 g/mol. The van der Waals surface area contributed by atoms with Gasteiger partial charge in [-0.15, -0.1) is 0 Å². The Morgan fingerprint density at radius 3 is 2.47 bits per heavy atom. The number of nitrogen functional groups attached to an aromatic ring is 1. The van der Waals surface area contributed by atoms with Gasteiger partial charge in [-0.2, -0.15) is 10.5 Å². The Kier molecular flexibility index (Phi) is 4.43. The molecule has 0 saturated carbocycles. The average molecular weight is 230 g/mol. The second kappa shape index (κ2) is 6.05. The quantitative estimate of drug-likeness (QED) is 0.422. The van der Waals surface area contributed by atoms with Crippen molar-refractivity contribution in [1.29, 1.82) is 10.5 Å². The third kappa shape index (κ3) is 3.16. The van der Waals surface area contributed by atoms with Gasteiger partial charge in [-0.1, -0.05) is 0 Å². The highest BCUT2D eigenvalue weighted by Crippen LogP contribution is 2.06. The molecule has 0 aliphatic rings. The maximum absolute atomic E-state index is 11.8. The summed E-state index contributed by atoms with van der Waals surface area (Å²) in [6, 6.07) is 6.69. The molecule has 0 bridgehead atoms. The van der Waals surface area contributed by atoms with E-state index in [0.717, 1.165) is 4.90 Å². The Hall–Kier alpha value is -2.64. The number of amides is 1. The number of hydrogen-bond donors (Lipinski definition) is 2. The minimum Gasteiger partial charge on any atom is -0.323 e. The molecule has 1 heterocycles. The number of nitrogens with two attached hydrogens (primary N) is 1. The zero-order valence-corrected chi connectivity index (χ0v) is 8.92. The fourth-order valence-electron chi connectivity index (χ4n) is 1.14. The highest BCUT2D eigenvalue weighted by atomic mass is 16.2. The standard InChI is InChI=1S/C10H10N6O/c11-3-5-16(6-4-12)10(17)9-2-1-8(15-13)7-14-9/h1-2,7,15H,5-6,13H2. The molecule has 0 fully saturated rings. The first-order chi connectivity index (χ1) is 8.22.